The van der Waals surface area contributed by atoms with E-state index in [9.17, 15) is 0 Å². The van der Waals surface area contributed by atoms with Crippen LogP contribution in [0.4, 0.5) is 0 Å². The van der Waals surface area contributed by atoms with Gasteiger partial charge in [0.25, 0.3) is 0 Å². The van der Waals surface area contributed by atoms with Gasteiger partial charge in [-0.05, 0) is 38.6 Å². The monoisotopic (exact) mass is 321 g/mol. The number of nitrogens with one attached hydrogen (secondary N) is 1. The van der Waals surface area contributed by atoms with E-state index in [1.807, 2.05) is 0 Å². The van der Waals surface area contributed by atoms with Crippen LogP contribution in [0.5, 0.6) is 0 Å². The van der Waals surface area contributed by atoms with Gasteiger partial charge in [-0.25, -0.2) is 0 Å². The number of likely N-dealkylation sites (N-methyl/N-ethyl adjacent to an activating group) is 1. The summed E-state index contributed by atoms with van der Waals surface area (Å²) in [5.74, 6) is 2.00. The minimum absolute atomic E-state index is 0.646. The van der Waals surface area contributed by atoms with Crippen molar-refractivity contribution in [3.05, 3.63) is 0 Å². The molecule has 0 aromatic rings. The molecule has 3 fully saturated rings. The molecule has 0 unspecified atom stereocenters. The summed E-state index contributed by atoms with van der Waals surface area (Å²) in [6.07, 6.45) is 13.3. The Morgan fingerprint density at radius 1 is 0.870 bits per heavy atom. The minimum atomic E-state index is 0.646. The van der Waals surface area contributed by atoms with Crippen LogP contribution in [0.2, 0.25) is 0 Å². The van der Waals surface area contributed by atoms with Crippen LogP contribution >= 0.6 is 0 Å². The fourth-order valence-electron chi connectivity index (χ4n) is 5.33. The Labute approximate surface area is 144 Å². The van der Waals surface area contributed by atoms with E-state index in [1.165, 1.54) is 90.5 Å². The zero-order valence-electron chi connectivity index (χ0n) is 15.6. The normalized spacial score (nSPS) is 33.7. The quantitative estimate of drug-likeness (QED) is 0.838. The van der Waals surface area contributed by atoms with Gasteiger partial charge in [0.1, 0.15) is 0 Å². The van der Waals surface area contributed by atoms with E-state index in [0.717, 1.165) is 17.9 Å². The van der Waals surface area contributed by atoms with Gasteiger partial charge in [-0.1, -0.05) is 44.9 Å². The van der Waals surface area contributed by atoms with E-state index in [1.54, 1.807) is 0 Å². The molecule has 0 spiro atoms. The van der Waals surface area contributed by atoms with E-state index in [4.69, 9.17) is 0 Å². The molecule has 1 aliphatic heterocycles. The second-order valence-corrected chi connectivity index (χ2v) is 8.62. The predicted octanol–water partition coefficient (Wildman–Crippen LogP) is 3.35. The smallest absolute Gasteiger partial charge is 0.0169 e. The third-order valence-electron chi connectivity index (χ3n) is 6.70. The third kappa shape index (κ3) is 5.17. The first-order chi connectivity index (χ1) is 11.2. The highest BCUT2D eigenvalue weighted by Gasteiger charge is 2.33. The maximum absolute atomic E-state index is 4.07. The SMILES string of the molecule is C[C@H](CN1CCN(C)CC1)N[C@H]1CCCC[C@H]1C1CCCCC1. The fraction of sp³-hybridized carbons (Fsp3) is 1.00. The van der Waals surface area contributed by atoms with Crippen LogP contribution in [-0.4, -0.2) is 61.7 Å². The van der Waals surface area contributed by atoms with Gasteiger partial charge in [0, 0.05) is 44.8 Å². The van der Waals surface area contributed by atoms with Gasteiger partial charge in [-0.3, -0.25) is 4.90 Å². The highest BCUT2D eigenvalue weighted by Crippen LogP contribution is 2.38. The summed E-state index contributed by atoms with van der Waals surface area (Å²) in [5, 5.41) is 4.07. The Balaban J connectivity index is 1.47. The van der Waals surface area contributed by atoms with Crippen molar-refractivity contribution in [1.29, 1.82) is 0 Å². The predicted molar refractivity (Wildman–Crippen MR) is 98.9 cm³/mol. The molecule has 2 aliphatic carbocycles. The van der Waals surface area contributed by atoms with E-state index in [2.05, 4.69) is 29.1 Å². The van der Waals surface area contributed by atoms with Gasteiger partial charge >= 0.3 is 0 Å². The van der Waals surface area contributed by atoms with Crippen molar-refractivity contribution >= 4 is 0 Å². The second kappa shape index (κ2) is 8.82. The molecule has 3 atom stereocenters. The molecule has 2 saturated carbocycles. The maximum atomic E-state index is 4.07. The van der Waals surface area contributed by atoms with E-state index < -0.39 is 0 Å². The van der Waals surface area contributed by atoms with Crippen LogP contribution < -0.4 is 5.32 Å². The molecule has 0 aromatic carbocycles. The van der Waals surface area contributed by atoms with Crippen LogP contribution in [0, 0.1) is 11.8 Å². The Bertz CT molecular complexity index is 332. The molecule has 1 N–H and O–H groups in total. The molecule has 134 valence electrons. The Morgan fingerprint density at radius 3 is 2.26 bits per heavy atom. The molecule has 3 aliphatic rings. The fourth-order valence-corrected chi connectivity index (χ4v) is 5.33. The van der Waals surface area contributed by atoms with Crippen molar-refractivity contribution in [3.8, 4) is 0 Å². The van der Waals surface area contributed by atoms with Crippen molar-refractivity contribution in [2.75, 3.05) is 39.8 Å². The summed E-state index contributed by atoms with van der Waals surface area (Å²) in [5.41, 5.74) is 0. The van der Waals surface area contributed by atoms with Crippen molar-refractivity contribution in [1.82, 2.24) is 15.1 Å². The van der Waals surface area contributed by atoms with Crippen LogP contribution in [0.25, 0.3) is 0 Å². The molecule has 3 heteroatoms. The molecule has 1 heterocycles. The van der Waals surface area contributed by atoms with Gasteiger partial charge in [0.15, 0.2) is 0 Å². The summed E-state index contributed by atoms with van der Waals surface area (Å²) in [7, 11) is 2.25. The number of hydrogen-bond donors (Lipinski definition) is 1. The van der Waals surface area contributed by atoms with Gasteiger partial charge in [-0.15, -0.1) is 0 Å². The van der Waals surface area contributed by atoms with Crippen molar-refractivity contribution in [2.24, 2.45) is 11.8 Å². The summed E-state index contributed by atoms with van der Waals surface area (Å²) in [4.78, 5) is 5.12. The van der Waals surface area contributed by atoms with Crippen LogP contribution in [0.1, 0.15) is 64.7 Å². The van der Waals surface area contributed by atoms with Gasteiger partial charge in [-0.2, -0.15) is 0 Å². The van der Waals surface area contributed by atoms with Crippen molar-refractivity contribution in [3.63, 3.8) is 0 Å². The first kappa shape index (κ1) is 17.7. The zero-order valence-corrected chi connectivity index (χ0v) is 15.6. The molecule has 3 nitrogen and oxygen atoms in total. The molecule has 3 rings (SSSR count). The first-order valence-electron chi connectivity index (χ1n) is 10.4. The Hall–Kier alpha value is -0.120. The molecule has 0 radical (unpaired) electrons. The Kier molecular flexibility index (Phi) is 6.79. The van der Waals surface area contributed by atoms with E-state index in [-0.39, 0.29) is 0 Å². The third-order valence-corrected chi connectivity index (χ3v) is 6.70. The first-order valence-corrected chi connectivity index (χ1v) is 10.4. The summed E-state index contributed by atoms with van der Waals surface area (Å²) in [6, 6.07) is 1.45. The average Bonchev–Trinajstić information content (AvgIpc) is 2.58. The van der Waals surface area contributed by atoms with Crippen LogP contribution in [0.3, 0.4) is 0 Å². The van der Waals surface area contributed by atoms with Gasteiger partial charge in [0.05, 0.1) is 0 Å². The van der Waals surface area contributed by atoms with Crippen molar-refractivity contribution < 1.29 is 0 Å². The van der Waals surface area contributed by atoms with E-state index >= 15 is 0 Å². The molecular formula is C20H39N3. The lowest BCUT2D eigenvalue weighted by molar-refractivity contribution is 0.118. The maximum Gasteiger partial charge on any atom is 0.0169 e. The summed E-state index contributed by atoms with van der Waals surface area (Å²) < 4.78 is 0. The zero-order chi connectivity index (χ0) is 16.1. The minimum Gasteiger partial charge on any atom is -0.310 e. The molecule has 0 bridgehead atoms. The summed E-state index contributed by atoms with van der Waals surface area (Å²) in [6.45, 7) is 8.63. The van der Waals surface area contributed by atoms with Gasteiger partial charge < -0.3 is 10.2 Å². The number of rotatable bonds is 5. The molecular weight excluding hydrogens is 282 g/mol. The topological polar surface area (TPSA) is 18.5 Å². The molecule has 0 aromatic heterocycles. The highest BCUT2D eigenvalue weighted by molar-refractivity contribution is 4.89. The largest absolute Gasteiger partial charge is 0.310 e. The van der Waals surface area contributed by atoms with Crippen LogP contribution in [-0.2, 0) is 0 Å². The number of nitrogens with zero attached hydrogens (tertiary/aromatic N) is 2. The van der Waals surface area contributed by atoms with Gasteiger partial charge in [0.2, 0.25) is 0 Å². The number of piperazine rings is 1. The average molecular weight is 322 g/mol. The standard InChI is InChI=1S/C20H39N3/c1-17(16-23-14-12-22(2)13-15-23)21-20-11-7-6-10-19(20)18-8-4-3-5-9-18/h17-21H,3-16H2,1-2H3/t17-,19+,20+/m1/s1. The second-order valence-electron chi connectivity index (χ2n) is 8.62. The molecule has 23 heavy (non-hydrogen) atoms. The lowest BCUT2D eigenvalue weighted by atomic mass is 9.71. The lowest BCUT2D eigenvalue weighted by Crippen LogP contribution is -2.52. The van der Waals surface area contributed by atoms with E-state index in [0.29, 0.717) is 6.04 Å². The lowest BCUT2D eigenvalue weighted by Gasteiger charge is -2.41. The molecule has 0 amide bonds. The molecule has 1 saturated heterocycles. The van der Waals surface area contributed by atoms with Crippen LogP contribution in [0.15, 0.2) is 0 Å². The highest BCUT2D eigenvalue weighted by atomic mass is 15.3. The van der Waals surface area contributed by atoms with Crippen molar-refractivity contribution in [2.45, 2.75) is 76.8 Å². The summed E-state index contributed by atoms with van der Waals surface area (Å²) >= 11 is 0. The Morgan fingerprint density at radius 2 is 1.52 bits per heavy atom. The number of hydrogen-bond acceptors (Lipinski definition) is 3.